The zero-order valence-electron chi connectivity index (χ0n) is 19.5. The summed E-state index contributed by atoms with van der Waals surface area (Å²) >= 11 is -2.59. The first-order valence-electron chi connectivity index (χ1n) is 12.3. The number of carbonyl (C=O) groups excluding carboxylic acids is 3. The molecule has 1 aromatic carbocycles. The maximum absolute atomic E-state index is 13.1. The minimum atomic E-state index is -2.59. The number of amides is 3. The van der Waals surface area contributed by atoms with Gasteiger partial charge in [0.2, 0.25) is 0 Å². The number of imide groups is 1. The molecule has 0 N–H and O–H groups in total. The molecule has 6 heteroatoms. The third-order valence-corrected chi connectivity index (χ3v) is 22.6. The fraction of sp³-hybridized carbons (Fsp3) is 0.640. The Hall–Kier alpha value is -1.37. The van der Waals surface area contributed by atoms with Crippen LogP contribution in [-0.2, 0) is 16.1 Å². The van der Waals surface area contributed by atoms with Gasteiger partial charge in [0, 0.05) is 0 Å². The number of nitrogens with zero attached hydrogens (tertiary/aromatic N) is 2. The van der Waals surface area contributed by atoms with Gasteiger partial charge in [0.15, 0.2) is 0 Å². The van der Waals surface area contributed by atoms with Gasteiger partial charge in [-0.25, -0.2) is 0 Å². The molecule has 3 rings (SSSR count). The molecule has 1 fully saturated rings. The van der Waals surface area contributed by atoms with Gasteiger partial charge in [-0.2, -0.15) is 0 Å². The topological polar surface area (TPSA) is 57.7 Å². The molecule has 0 bridgehead atoms. The van der Waals surface area contributed by atoms with Gasteiger partial charge in [-0.05, 0) is 0 Å². The van der Waals surface area contributed by atoms with Crippen LogP contribution >= 0.6 is 0 Å². The van der Waals surface area contributed by atoms with Crippen LogP contribution in [0.3, 0.4) is 0 Å². The van der Waals surface area contributed by atoms with Crippen LogP contribution in [0, 0.1) is 0 Å². The summed E-state index contributed by atoms with van der Waals surface area (Å²) in [6.45, 7) is 7.18. The molecule has 170 valence electrons. The second-order valence-corrected chi connectivity index (χ2v) is 22.5. The van der Waals surface area contributed by atoms with Gasteiger partial charge in [-0.3, -0.25) is 0 Å². The SMILES string of the molecule is CCC[CH2][Sn]([CH2]CCC)([CH2]CCC)[c]1ccc2c(c1)CN(N1C(=O)CCCC1=O)C2=O. The quantitative estimate of drug-likeness (QED) is 0.292. The van der Waals surface area contributed by atoms with Crippen molar-refractivity contribution < 1.29 is 14.4 Å². The number of hydrogen-bond donors (Lipinski definition) is 0. The molecule has 0 radical (unpaired) electrons. The third kappa shape index (κ3) is 5.18. The fourth-order valence-electron chi connectivity index (χ4n) is 5.16. The first-order chi connectivity index (χ1) is 15.0. The van der Waals surface area contributed by atoms with E-state index in [1.807, 2.05) is 6.07 Å². The molecule has 3 amide bonds. The predicted octanol–water partition coefficient (Wildman–Crippen LogP) is 5.15. The monoisotopic (exact) mass is 534 g/mol. The molecule has 5 nitrogen and oxygen atoms in total. The van der Waals surface area contributed by atoms with E-state index in [0.29, 0.717) is 31.4 Å². The summed E-state index contributed by atoms with van der Waals surface area (Å²) in [5.41, 5.74) is 1.66. The molecule has 0 atom stereocenters. The van der Waals surface area contributed by atoms with E-state index >= 15 is 0 Å². The van der Waals surface area contributed by atoms with Crippen molar-refractivity contribution in [3.05, 3.63) is 29.3 Å². The molecule has 0 aliphatic carbocycles. The van der Waals surface area contributed by atoms with Crippen molar-refractivity contribution in [2.75, 3.05) is 0 Å². The summed E-state index contributed by atoms with van der Waals surface area (Å²) in [5, 5.41) is 2.51. The Morgan fingerprint density at radius 2 is 1.39 bits per heavy atom. The maximum atomic E-state index is 13.1. The van der Waals surface area contributed by atoms with Gasteiger partial charge >= 0.3 is 192 Å². The van der Waals surface area contributed by atoms with Crippen molar-refractivity contribution in [1.29, 1.82) is 0 Å². The number of benzene rings is 1. The van der Waals surface area contributed by atoms with Gasteiger partial charge in [-0.15, -0.1) is 0 Å². The number of unbranched alkanes of at least 4 members (excludes halogenated alkanes) is 3. The van der Waals surface area contributed by atoms with Crippen molar-refractivity contribution >= 4 is 39.7 Å². The molecule has 0 aromatic heterocycles. The number of hydrogen-bond acceptors (Lipinski definition) is 3. The van der Waals surface area contributed by atoms with Crippen LogP contribution in [0.5, 0.6) is 0 Å². The van der Waals surface area contributed by atoms with Gasteiger partial charge in [0.25, 0.3) is 0 Å². The number of piperidine rings is 1. The second kappa shape index (κ2) is 11.0. The first kappa shape index (κ1) is 24.3. The summed E-state index contributed by atoms with van der Waals surface area (Å²) in [5.74, 6) is -0.707. The Morgan fingerprint density at radius 1 is 0.839 bits per heavy atom. The van der Waals surface area contributed by atoms with Crippen molar-refractivity contribution in [1.82, 2.24) is 10.0 Å². The molecule has 1 saturated heterocycles. The van der Waals surface area contributed by atoms with Crippen LogP contribution < -0.4 is 3.58 Å². The second-order valence-electron chi connectivity index (χ2n) is 9.28. The zero-order chi connectivity index (χ0) is 22.4. The first-order valence-corrected chi connectivity index (χ1v) is 19.8. The standard InChI is InChI=1S/C13H11N2O3.3C4H9.Sn/c16-11-6-3-7-12(17)15(11)14-8-9-4-1-2-5-10(9)13(14)18;3*1-3-4-2;/h2,4-5H,3,6-8H2;3*1,3-4H2,2H3;. The normalized spacial score (nSPS) is 16.9. The van der Waals surface area contributed by atoms with Crippen molar-refractivity contribution in [2.24, 2.45) is 0 Å². The van der Waals surface area contributed by atoms with Crippen LogP contribution in [0.4, 0.5) is 0 Å². The van der Waals surface area contributed by atoms with E-state index in [1.54, 1.807) is 0 Å². The van der Waals surface area contributed by atoms with E-state index in [1.165, 1.54) is 60.4 Å². The molecule has 0 unspecified atom stereocenters. The summed E-state index contributed by atoms with van der Waals surface area (Å²) in [7, 11) is 0. The fourth-order valence-corrected chi connectivity index (χ4v) is 21.2. The van der Waals surface area contributed by atoms with Crippen LogP contribution in [0.25, 0.3) is 0 Å². The molecule has 0 spiro atoms. The van der Waals surface area contributed by atoms with E-state index < -0.39 is 18.4 Å². The van der Waals surface area contributed by atoms with Crippen molar-refractivity contribution in [3.63, 3.8) is 0 Å². The van der Waals surface area contributed by atoms with Crippen LogP contribution in [-0.4, -0.2) is 46.1 Å². The average Bonchev–Trinajstić information content (AvgIpc) is 3.09. The van der Waals surface area contributed by atoms with E-state index in [-0.39, 0.29) is 17.7 Å². The molecule has 2 aliphatic heterocycles. The number of hydrazine groups is 1. The van der Waals surface area contributed by atoms with Crippen LogP contribution in [0.1, 0.15) is 94.5 Å². The summed E-state index contributed by atoms with van der Waals surface area (Å²) in [4.78, 5) is 37.8. The van der Waals surface area contributed by atoms with Crippen molar-refractivity contribution in [2.45, 2.75) is 98.4 Å². The molecular formula is C25H38N2O3Sn. The molecule has 0 saturated carbocycles. The van der Waals surface area contributed by atoms with Gasteiger partial charge in [-0.1, -0.05) is 0 Å². The van der Waals surface area contributed by atoms with Gasteiger partial charge < -0.3 is 0 Å². The minimum absolute atomic E-state index is 0.207. The molecule has 31 heavy (non-hydrogen) atoms. The number of fused-ring (bicyclic) bond motifs is 1. The third-order valence-electron chi connectivity index (χ3n) is 7.02. The van der Waals surface area contributed by atoms with E-state index in [0.717, 1.165) is 10.6 Å². The van der Waals surface area contributed by atoms with Crippen LogP contribution in [0.15, 0.2) is 18.2 Å². The van der Waals surface area contributed by atoms with E-state index in [4.69, 9.17) is 0 Å². The average molecular weight is 533 g/mol. The predicted molar refractivity (Wildman–Crippen MR) is 127 cm³/mol. The summed E-state index contributed by atoms with van der Waals surface area (Å²) < 4.78 is 5.68. The molecule has 1 aromatic rings. The van der Waals surface area contributed by atoms with Gasteiger partial charge in [0.05, 0.1) is 0 Å². The Bertz CT molecular complexity index is 785. The molecular weight excluding hydrogens is 495 g/mol. The Labute approximate surface area is 191 Å². The number of carbonyl (C=O) groups is 3. The van der Waals surface area contributed by atoms with E-state index in [2.05, 4.69) is 32.9 Å². The Morgan fingerprint density at radius 3 is 1.90 bits per heavy atom. The van der Waals surface area contributed by atoms with Crippen LogP contribution in [0.2, 0.25) is 13.3 Å². The number of rotatable bonds is 11. The van der Waals surface area contributed by atoms with E-state index in [9.17, 15) is 14.4 Å². The molecule has 2 aliphatic rings. The zero-order valence-corrected chi connectivity index (χ0v) is 22.4. The molecule has 2 heterocycles. The summed E-state index contributed by atoms with van der Waals surface area (Å²) in [6, 6.07) is 6.52. The summed E-state index contributed by atoms with van der Waals surface area (Å²) in [6.07, 6.45) is 8.82. The van der Waals surface area contributed by atoms with Crippen molar-refractivity contribution in [3.8, 4) is 0 Å². The Kier molecular flexibility index (Phi) is 8.59. The van der Waals surface area contributed by atoms with Gasteiger partial charge in [0.1, 0.15) is 0 Å². The Balaban J connectivity index is 1.93.